The molecule has 3 rings (SSSR count). The molecule has 0 saturated heterocycles. The number of fused-ring (bicyclic) bond motifs is 1. The zero-order chi connectivity index (χ0) is 14.1. The van der Waals surface area contributed by atoms with Crippen molar-refractivity contribution in [1.82, 2.24) is 4.98 Å². The Hall–Kier alpha value is -2.33. The van der Waals surface area contributed by atoms with Crippen LogP contribution in [0.25, 0.3) is 10.8 Å². The predicted octanol–water partition coefficient (Wildman–Crippen LogP) is 3.59. The van der Waals surface area contributed by atoms with Crippen molar-refractivity contribution < 1.29 is 13.9 Å². The first kappa shape index (κ1) is 12.7. The molecule has 2 aromatic carbocycles. The first-order valence-corrected chi connectivity index (χ1v) is 6.14. The van der Waals surface area contributed by atoms with Crippen LogP contribution in [0, 0.1) is 11.6 Å². The van der Waals surface area contributed by atoms with Gasteiger partial charge in [0.1, 0.15) is 17.7 Å². The van der Waals surface area contributed by atoms with Crippen LogP contribution < -0.4 is 0 Å². The summed E-state index contributed by atoms with van der Waals surface area (Å²) in [4.78, 5) is 4.08. The zero-order valence-electron chi connectivity index (χ0n) is 10.4. The lowest BCUT2D eigenvalue weighted by Gasteiger charge is -2.14. The molecule has 0 bridgehead atoms. The van der Waals surface area contributed by atoms with Gasteiger partial charge in [-0.3, -0.25) is 4.98 Å². The van der Waals surface area contributed by atoms with Gasteiger partial charge in [0.2, 0.25) is 0 Å². The highest BCUT2D eigenvalue weighted by atomic mass is 19.1. The fraction of sp³-hybridized carbons (Fsp3) is 0.0625. The van der Waals surface area contributed by atoms with Crippen molar-refractivity contribution in [2.24, 2.45) is 0 Å². The first-order chi connectivity index (χ1) is 9.68. The molecule has 4 heteroatoms. The number of halogens is 2. The average Bonchev–Trinajstić information content (AvgIpc) is 2.46. The van der Waals surface area contributed by atoms with E-state index < -0.39 is 17.7 Å². The number of nitrogens with zero attached hydrogens (tertiary/aromatic N) is 1. The Bertz CT molecular complexity index is 748. The highest BCUT2D eigenvalue weighted by Gasteiger charge is 2.22. The molecule has 1 heterocycles. The SMILES string of the molecule is OC(c1c(F)cccc1F)c1nccc2ccccc12. The topological polar surface area (TPSA) is 33.1 Å². The van der Waals surface area contributed by atoms with Gasteiger partial charge in [0.25, 0.3) is 0 Å². The molecule has 1 aromatic heterocycles. The molecule has 0 radical (unpaired) electrons. The second-order valence-corrected chi connectivity index (χ2v) is 4.46. The van der Waals surface area contributed by atoms with Gasteiger partial charge in [-0.1, -0.05) is 30.3 Å². The highest BCUT2D eigenvalue weighted by Crippen LogP contribution is 2.29. The molecule has 1 atom stereocenters. The van der Waals surface area contributed by atoms with Crippen LogP contribution in [0.15, 0.2) is 54.7 Å². The lowest BCUT2D eigenvalue weighted by Crippen LogP contribution is -2.08. The third kappa shape index (κ3) is 2.04. The maximum atomic E-state index is 13.8. The molecule has 0 amide bonds. The van der Waals surface area contributed by atoms with Crippen LogP contribution in [-0.2, 0) is 0 Å². The van der Waals surface area contributed by atoms with Crippen LogP contribution in [0.4, 0.5) is 8.78 Å². The number of rotatable bonds is 2. The Morgan fingerprint density at radius 1 is 0.900 bits per heavy atom. The van der Waals surface area contributed by atoms with Gasteiger partial charge in [-0.05, 0) is 23.6 Å². The third-order valence-electron chi connectivity index (χ3n) is 3.24. The summed E-state index contributed by atoms with van der Waals surface area (Å²) in [7, 11) is 0. The van der Waals surface area contributed by atoms with Crippen molar-refractivity contribution in [2.75, 3.05) is 0 Å². The molecular formula is C16H11F2NO. The summed E-state index contributed by atoms with van der Waals surface area (Å²) in [5.41, 5.74) is -0.136. The quantitative estimate of drug-likeness (QED) is 0.772. The van der Waals surface area contributed by atoms with Crippen molar-refractivity contribution in [3.05, 3.63) is 77.6 Å². The minimum Gasteiger partial charge on any atom is -0.382 e. The van der Waals surface area contributed by atoms with Gasteiger partial charge < -0.3 is 5.11 Å². The molecule has 0 saturated carbocycles. The van der Waals surface area contributed by atoms with E-state index in [1.165, 1.54) is 12.3 Å². The lowest BCUT2D eigenvalue weighted by molar-refractivity contribution is 0.206. The van der Waals surface area contributed by atoms with E-state index in [1.54, 1.807) is 18.2 Å². The van der Waals surface area contributed by atoms with Crippen molar-refractivity contribution in [3.8, 4) is 0 Å². The number of aliphatic hydroxyl groups is 1. The Labute approximate surface area is 114 Å². The van der Waals surface area contributed by atoms with Crippen molar-refractivity contribution >= 4 is 10.8 Å². The van der Waals surface area contributed by atoms with Gasteiger partial charge in [0.15, 0.2) is 0 Å². The number of pyridine rings is 1. The fourth-order valence-corrected chi connectivity index (χ4v) is 2.27. The Morgan fingerprint density at radius 3 is 2.35 bits per heavy atom. The molecule has 20 heavy (non-hydrogen) atoms. The third-order valence-corrected chi connectivity index (χ3v) is 3.24. The maximum absolute atomic E-state index is 13.8. The molecule has 0 aliphatic heterocycles. The summed E-state index contributed by atoms with van der Waals surface area (Å²) in [6.07, 6.45) is 0.0712. The number of aliphatic hydroxyl groups excluding tert-OH is 1. The van der Waals surface area contributed by atoms with Gasteiger partial charge in [-0.25, -0.2) is 8.78 Å². The van der Waals surface area contributed by atoms with E-state index in [9.17, 15) is 13.9 Å². The predicted molar refractivity (Wildman–Crippen MR) is 72.2 cm³/mol. The largest absolute Gasteiger partial charge is 0.382 e. The zero-order valence-corrected chi connectivity index (χ0v) is 10.4. The number of benzene rings is 2. The smallest absolute Gasteiger partial charge is 0.132 e. The summed E-state index contributed by atoms with van der Waals surface area (Å²) < 4.78 is 27.5. The molecule has 0 spiro atoms. The van der Waals surface area contributed by atoms with Gasteiger partial charge in [-0.15, -0.1) is 0 Å². The van der Waals surface area contributed by atoms with Crippen LogP contribution in [0.2, 0.25) is 0 Å². The average molecular weight is 271 g/mol. The van der Waals surface area contributed by atoms with Crippen molar-refractivity contribution in [1.29, 1.82) is 0 Å². The monoisotopic (exact) mass is 271 g/mol. The van der Waals surface area contributed by atoms with Gasteiger partial charge >= 0.3 is 0 Å². The van der Waals surface area contributed by atoms with E-state index in [-0.39, 0.29) is 11.3 Å². The first-order valence-electron chi connectivity index (χ1n) is 6.14. The van der Waals surface area contributed by atoms with Crippen LogP contribution in [0.3, 0.4) is 0 Å². The van der Waals surface area contributed by atoms with E-state index in [0.717, 1.165) is 17.5 Å². The summed E-state index contributed by atoms with van der Waals surface area (Å²) in [5, 5.41) is 11.8. The van der Waals surface area contributed by atoms with E-state index in [1.807, 2.05) is 12.1 Å². The van der Waals surface area contributed by atoms with Crippen molar-refractivity contribution in [3.63, 3.8) is 0 Å². The molecule has 0 aliphatic rings. The normalized spacial score (nSPS) is 12.6. The van der Waals surface area contributed by atoms with Crippen LogP contribution in [0.1, 0.15) is 17.4 Å². The van der Waals surface area contributed by atoms with Gasteiger partial charge in [0, 0.05) is 11.6 Å². The van der Waals surface area contributed by atoms with Crippen molar-refractivity contribution in [2.45, 2.75) is 6.10 Å². The van der Waals surface area contributed by atoms with Gasteiger partial charge in [-0.2, -0.15) is 0 Å². The Morgan fingerprint density at radius 2 is 1.60 bits per heavy atom. The summed E-state index contributed by atoms with van der Waals surface area (Å²) in [5.74, 6) is -1.57. The van der Waals surface area contributed by atoms with Gasteiger partial charge in [0.05, 0.1) is 11.3 Å². The lowest BCUT2D eigenvalue weighted by atomic mass is 10.00. The van der Waals surface area contributed by atoms with E-state index >= 15 is 0 Å². The van der Waals surface area contributed by atoms with E-state index in [2.05, 4.69) is 4.98 Å². The Kier molecular flexibility index (Phi) is 3.16. The maximum Gasteiger partial charge on any atom is 0.132 e. The van der Waals surface area contributed by atoms with Crippen LogP contribution in [0.5, 0.6) is 0 Å². The fourth-order valence-electron chi connectivity index (χ4n) is 2.27. The van der Waals surface area contributed by atoms with Crippen LogP contribution >= 0.6 is 0 Å². The summed E-state index contributed by atoms with van der Waals surface area (Å²) >= 11 is 0. The number of hydrogen-bond donors (Lipinski definition) is 1. The Balaban J connectivity index is 2.21. The van der Waals surface area contributed by atoms with Crippen LogP contribution in [-0.4, -0.2) is 10.1 Å². The summed E-state index contributed by atoms with van der Waals surface area (Å²) in [6, 6.07) is 12.5. The van der Waals surface area contributed by atoms with E-state index in [0.29, 0.717) is 5.39 Å². The molecule has 0 aliphatic carbocycles. The second kappa shape index (κ2) is 4.98. The minimum absolute atomic E-state index is 0.243. The number of hydrogen-bond acceptors (Lipinski definition) is 2. The molecular weight excluding hydrogens is 260 g/mol. The number of aromatic nitrogens is 1. The van der Waals surface area contributed by atoms with E-state index in [4.69, 9.17) is 0 Å². The minimum atomic E-state index is -1.44. The second-order valence-electron chi connectivity index (χ2n) is 4.46. The molecule has 3 aromatic rings. The molecule has 100 valence electrons. The molecule has 1 unspecified atom stereocenters. The molecule has 1 N–H and O–H groups in total. The summed E-state index contributed by atoms with van der Waals surface area (Å²) in [6.45, 7) is 0. The highest BCUT2D eigenvalue weighted by molar-refractivity contribution is 5.84. The standard InChI is InChI=1S/C16H11F2NO/c17-12-6-3-7-13(18)14(12)16(20)15-11-5-2-1-4-10(11)8-9-19-15/h1-9,16,20H. The molecule has 0 fully saturated rings. The molecule has 2 nitrogen and oxygen atoms in total.